The van der Waals surface area contributed by atoms with Crippen molar-refractivity contribution in [1.82, 2.24) is 16.0 Å². The molecule has 162 valence electrons. The zero-order valence-corrected chi connectivity index (χ0v) is 17.6. The van der Waals surface area contributed by atoms with Gasteiger partial charge in [0.05, 0.1) is 0 Å². The second kappa shape index (κ2) is 8.66. The summed E-state index contributed by atoms with van der Waals surface area (Å²) >= 11 is 0. The van der Waals surface area contributed by atoms with E-state index in [1.165, 1.54) is 19.3 Å². The second-order valence-corrected chi connectivity index (χ2v) is 9.32. The molecule has 5 rings (SSSR count). The summed E-state index contributed by atoms with van der Waals surface area (Å²) in [6, 6.07) is 6.67. The minimum Gasteiger partial charge on any atom is -0.352 e. The van der Waals surface area contributed by atoms with Gasteiger partial charge in [0.2, 0.25) is 5.91 Å². The first-order valence-corrected chi connectivity index (χ1v) is 11.2. The van der Waals surface area contributed by atoms with Crippen molar-refractivity contribution in [2.45, 2.75) is 57.4 Å². The van der Waals surface area contributed by atoms with Crippen LogP contribution in [-0.2, 0) is 4.79 Å². The number of carbonyl (C=O) groups excluding carboxylic acids is 3. The zero-order chi connectivity index (χ0) is 21.1. The Bertz CT molecular complexity index is 787. The Hall–Kier alpha value is -2.57. The van der Waals surface area contributed by atoms with E-state index in [0.29, 0.717) is 17.8 Å². The van der Waals surface area contributed by atoms with Gasteiger partial charge in [-0.2, -0.15) is 0 Å². The minimum absolute atomic E-state index is 0.0272. The minimum atomic E-state index is -0.196. The maximum Gasteiger partial charge on any atom is 0.315 e. The number of urea groups is 1. The summed E-state index contributed by atoms with van der Waals surface area (Å²) in [5.74, 6) is 1.96. The third kappa shape index (κ3) is 4.77. The fourth-order valence-electron chi connectivity index (χ4n) is 6.06. The molecule has 1 aromatic carbocycles. The van der Waals surface area contributed by atoms with Crippen molar-refractivity contribution in [3.05, 3.63) is 29.8 Å². The lowest BCUT2D eigenvalue weighted by Gasteiger charge is -2.56. The van der Waals surface area contributed by atoms with Gasteiger partial charge in [-0.25, -0.2) is 4.79 Å². The molecule has 0 aliphatic heterocycles. The topological polar surface area (TPSA) is 99.3 Å². The molecule has 7 nitrogen and oxygen atoms in total. The number of nitrogens with one attached hydrogen (secondary N) is 4. The quantitative estimate of drug-likeness (QED) is 0.554. The number of rotatable bonds is 7. The number of hydrogen-bond donors (Lipinski definition) is 4. The number of anilines is 1. The molecular formula is C23H32N4O3. The van der Waals surface area contributed by atoms with E-state index in [9.17, 15) is 14.4 Å². The normalized spacial score (nSPS) is 28.6. The average Bonchev–Trinajstić information content (AvgIpc) is 2.67. The molecule has 1 aromatic rings. The number of hydrogen-bond acceptors (Lipinski definition) is 3. The molecule has 4 aliphatic rings. The highest BCUT2D eigenvalue weighted by atomic mass is 16.2. The van der Waals surface area contributed by atoms with E-state index in [2.05, 4.69) is 21.3 Å². The largest absolute Gasteiger partial charge is 0.352 e. The van der Waals surface area contributed by atoms with Crippen molar-refractivity contribution in [1.29, 1.82) is 0 Å². The predicted octanol–water partition coefficient (Wildman–Crippen LogP) is 3.03. The maximum atomic E-state index is 12.5. The van der Waals surface area contributed by atoms with Crippen LogP contribution in [0, 0.1) is 17.8 Å². The third-order valence-corrected chi connectivity index (χ3v) is 6.80. The first-order valence-electron chi connectivity index (χ1n) is 11.2. The predicted molar refractivity (Wildman–Crippen MR) is 115 cm³/mol. The first-order chi connectivity index (χ1) is 14.4. The van der Waals surface area contributed by atoms with E-state index in [-0.39, 0.29) is 36.3 Å². The lowest BCUT2D eigenvalue weighted by molar-refractivity contribution is -0.116. The van der Waals surface area contributed by atoms with Crippen molar-refractivity contribution in [2.24, 2.45) is 17.8 Å². The third-order valence-electron chi connectivity index (χ3n) is 6.80. The van der Waals surface area contributed by atoms with E-state index >= 15 is 0 Å². The Labute approximate surface area is 177 Å². The highest BCUT2D eigenvalue weighted by Gasteiger charge is 2.51. The summed E-state index contributed by atoms with van der Waals surface area (Å²) in [4.78, 5) is 36.6. The van der Waals surface area contributed by atoms with Crippen LogP contribution in [0.5, 0.6) is 0 Å². The summed E-state index contributed by atoms with van der Waals surface area (Å²) in [5, 5.41) is 11.6. The molecule has 4 saturated carbocycles. The van der Waals surface area contributed by atoms with E-state index < -0.39 is 0 Å². The van der Waals surface area contributed by atoms with Crippen molar-refractivity contribution < 1.29 is 14.4 Å². The molecule has 0 atom stereocenters. The fraction of sp³-hybridized carbons (Fsp3) is 0.609. The molecule has 0 unspecified atom stereocenters. The maximum absolute atomic E-state index is 12.5. The van der Waals surface area contributed by atoms with Crippen LogP contribution in [0.1, 0.15) is 62.2 Å². The van der Waals surface area contributed by atoms with Gasteiger partial charge in [0.1, 0.15) is 0 Å². The average molecular weight is 413 g/mol. The van der Waals surface area contributed by atoms with Crippen LogP contribution < -0.4 is 21.3 Å². The molecule has 4 fully saturated rings. The summed E-state index contributed by atoms with van der Waals surface area (Å²) in [5.41, 5.74) is 1.05. The molecule has 30 heavy (non-hydrogen) atoms. The van der Waals surface area contributed by atoms with Crippen LogP contribution in [0.4, 0.5) is 10.5 Å². The molecule has 0 aromatic heterocycles. The smallest absolute Gasteiger partial charge is 0.315 e. The van der Waals surface area contributed by atoms with Crippen LogP contribution in [0.15, 0.2) is 24.3 Å². The summed E-state index contributed by atoms with van der Waals surface area (Å²) < 4.78 is 0. The molecule has 4 bridgehead atoms. The van der Waals surface area contributed by atoms with E-state index in [0.717, 1.165) is 37.0 Å². The highest BCUT2D eigenvalue weighted by Crippen LogP contribution is 2.55. The Morgan fingerprint density at radius 1 is 1.00 bits per heavy atom. The van der Waals surface area contributed by atoms with Crippen LogP contribution in [0.3, 0.4) is 0 Å². The summed E-state index contributed by atoms with van der Waals surface area (Å²) in [7, 11) is 0. The Balaban J connectivity index is 1.21. The van der Waals surface area contributed by atoms with Gasteiger partial charge in [0.15, 0.2) is 0 Å². The highest BCUT2D eigenvalue weighted by molar-refractivity contribution is 5.97. The van der Waals surface area contributed by atoms with Gasteiger partial charge in [0.25, 0.3) is 5.91 Å². The van der Waals surface area contributed by atoms with Gasteiger partial charge < -0.3 is 21.3 Å². The molecule has 7 heteroatoms. The molecular weight excluding hydrogens is 380 g/mol. The molecule has 0 heterocycles. The summed E-state index contributed by atoms with van der Waals surface area (Å²) in [6.07, 6.45) is 7.51. The van der Waals surface area contributed by atoms with E-state index in [1.54, 1.807) is 24.3 Å². The number of carbonyl (C=O) groups is 3. The molecule has 0 radical (unpaired) electrons. The van der Waals surface area contributed by atoms with Crippen molar-refractivity contribution in [3.8, 4) is 0 Å². The number of amides is 4. The van der Waals surface area contributed by atoms with Gasteiger partial charge in [-0.1, -0.05) is 6.07 Å². The van der Waals surface area contributed by atoms with Crippen LogP contribution >= 0.6 is 0 Å². The van der Waals surface area contributed by atoms with Crippen molar-refractivity contribution in [3.63, 3.8) is 0 Å². The number of benzene rings is 1. The standard InChI is InChI=1S/C23H32N4O3/c1-2-24-21(29)18-4-3-5-19(11-18)26-20(28)6-7-25-22(30)27-23-12-15-8-16(13-23)10-17(9-15)14-23/h3-5,11,15-17H,2,6-10,12-14H2,1H3,(H,24,29)(H,26,28)(H2,25,27,30). The van der Waals surface area contributed by atoms with Gasteiger partial charge in [-0.3, -0.25) is 9.59 Å². The second-order valence-electron chi connectivity index (χ2n) is 9.32. The van der Waals surface area contributed by atoms with Gasteiger partial charge in [0, 0.05) is 36.3 Å². The Morgan fingerprint density at radius 2 is 1.67 bits per heavy atom. The van der Waals surface area contributed by atoms with Gasteiger partial charge in [-0.15, -0.1) is 0 Å². The lowest BCUT2D eigenvalue weighted by Crippen LogP contribution is -2.61. The SMILES string of the molecule is CCNC(=O)c1cccc(NC(=O)CCNC(=O)NC23CC4CC(CC(C4)C2)C3)c1. The van der Waals surface area contributed by atoms with Crippen molar-refractivity contribution >= 4 is 23.5 Å². The lowest BCUT2D eigenvalue weighted by atomic mass is 9.53. The van der Waals surface area contributed by atoms with Gasteiger partial charge >= 0.3 is 6.03 Å². The summed E-state index contributed by atoms with van der Waals surface area (Å²) in [6.45, 7) is 2.68. The monoisotopic (exact) mass is 412 g/mol. The molecule has 0 spiro atoms. The molecule has 4 amide bonds. The molecule has 4 aliphatic carbocycles. The van der Waals surface area contributed by atoms with Gasteiger partial charge in [-0.05, 0) is 81.4 Å². The Morgan fingerprint density at radius 3 is 2.30 bits per heavy atom. The zero-order valence-electron chi connectivity index (χ0n) is 17.6. The van der Waals surface area contributed by atoms with Crippen LogP contribution in [-0.4, -0.2) is 36.5 Å². The first kappa shape index (κ1) is 20.7. The van der Waals surface area contributed by atoms with Crippen molar-refractivity contribution in [2.75, 3.05) is 18.4 Å². The molecule has 0 saturated heterocycles. The Kier molecular flexibility index (Phi) is 5.97. The fourth-order valence-corrected chi connectivity index (χ4v) is 6.06. The van der Waals surface area contributed by atoms with Crippen LogP contribution in [0.25, 0.3) is 0 Å². The molecule has 4 N–H and O–H groups in total. The van der Waals surface area contributed by atoms with E-state index in [4.69, 9.17) is 0 Å². The van der Waals surface area contributed by atoms with Crippen LogP contribution in [0.2, 0.25) is 0 Å². The van der Waals surface area contributed by atoms with E-state index in [1.807, 2.05) is 6.92 Å².